The Bertz CT molecular complexity index is 327. The Kier molecular flexibility index (Phi) is 4.55. The molecule has 1 heterocycles. The molecule has 0 fully saturated rings. The highest BCUT2D eigenvalue weighted by Crippen LogP contribution is 2.07. The van der Waals surface area contributed by atoms with Crippen LogP contribution < -0.4 is 4.74 Å². The first kappa shape index (κ1) is 11.4. The monoisotopic (exact) mass is 205 g/mol. The van der Waals surface area contributed by atoms with Crippen LogP contribution in [0.2, 0.25) is 0 Å². The molecule has 0 atom stereocenters. The lowest BCUT2D eigenvalue weighted by molar-refractivity contribution is 0.286. The van der Waals surface area contributed by atoms with E-state index in [1.54, 1.807) is 0 Å². The van der Waals surface area contributed by atoms with Crippen molar-refractivity contribution in [1.82, 2.24) is 9.97 Å². The highest BCUT2D eigenvalue weighted by atomic mass is 16.5. The summed E-state index contributed by atoms with van der Waals surface area (Å²) in [6, 6.07) is 1.91. The number of aromatic nitrogens is 2. The molecule has 0 aliphatic carbocycles. The maximum Gasteiger partial charge on any atom is 0.232 e. The van der Waals surface area contributed by atoms with Crippen LogP contribution in [-0.2, 0) is 0 Å². The minimum Gasteiger partial charge on any atom is -0.477 e. The van der Waals surface area contributed by atoms with Crippen LogP contribution in [0.15, 0.2) is 12.4 Å². The van der Waals surface area contributed by atoms with E-state index in [1.165, 1.54) is 12.4 Å². The standard InChI is InChI=1S/C11H15N3O/c1-9(2)4-3-5-15-11-8-13-10(6-12)7-14-11/h7-9H,3-5H2,1-2H3. The van der Waals surface area contributed by atoms with Crippen LogP contribution in [0, 0.1) is 17.2 Å². The lowest BCUT2D eigenvalue weighted by Crippen LogP contribution is -2.01. The molecular weight excluding hydrogens is 190 g/mol. The van der Waals surface area contributed by atoms with Gasteiger partial charge in [0.25, 0.3) is 0 Å². The van der Waals surface area contributed by atoms with Gasteiger partial charge in [0.2, 0.25) is 5.88 Å². The third-order valence-corrected chi connectivity index (χ3v) is 1.92. The Labute approximate surface area is 89.9 Å². The zero-order valence-corrected chi connectivity index (χ0v) is 9.10. The first-order chi connectivity index (χ1) is 7.22. The molecular formula is C11H15N3O. The Morgan fingerprint density at radius 3 is 2.73 bits per heavy atom. The first-order valence-electron chi connectivity index (χ1n) is 5.07. The molecule has 80 valence electrons. The summed E-state index contributed by atoms with van der Waals surface area (Å²) in [4.78, 5) is 7.82. The van der Waals surface area contributed by atoms with Crippen LogP contribution in [0.5, 0.6) is 5.88 Å². The van der Waals surface area contributed by atoms with Crippen LogP contribution in [0.4, 0.5) is 0 Å². The Hall–Kier alpha value is -1.63. The number of rotatable bonds is 5. The summed E-state index contributed by atoms with van der Waals surface area (Å²) in [6.45, 7) is 5.02. The fourth-order valence-corrected chi connectivity index (χ4v) is 1.12. The van der Waals surface area contributed by atoms with E-state index >= 15 is 0 Å². The highest BCUT2D eigenvalue weighted by molar-refractivity contribution is 5.18. The summed E-state index contributed by atoms with van der Waals surface area (Å²) >= 11 is 0. The van der Waals surface area contributed by atoms with E-state index in [0.717, 1.165) is 12.8 Å². The molecule has 15 heavy (non-hydrogen) atoms. The maximum absolute atomic E-state index is 8.51. The van der Waals surface area contributed by atoms with Crippen LogP contribution in [-0.4, -0.2) is 16.6 Å². The molecule has 0 bridgehead atoms. The van der Waals surface area contributed by atoms with Crippen molar-refractivity contribution < 1.29 is 4.74 Å². The van der Waals surface area contributed by atoms with Gasteiger partial charge in [0.05, 0.1) is 19.0 Å². The summed E-state index contributed by atoms with van der Waals surface area (Å²) < 4.78 is 5.37. The molecule has 0 aromatic carbocycles. The van der Waals surface area contributed by atoms with Gasteiger partial charge in [0.1, 0.15) is 6.07 Å². The molecule has 0 unspecified atom stereocenters. The summed E-state index contributed by atoms with van der Waals surface area (Å²) in [7, 11) is 0. The van der Waals surface area contributed by atoms with Gasteiger partial charge in [-0.1, -0.05) is 13.8 Å². The van der Waals surface area contributed by atoms with Crippen molar-refractivity contribution in [2.45, 2.75) is 26.7 Å². The molecule has 4 heteroatoms. The van der Waals surface area contributed by atoms with Gasteiger partial charge >= 0.3 is 0 Å². The summed E-state index contributed by atoms with van der Waals surface area (Å²) in [5.74, 6) is 1.18. The number of ether oxygens (including phenoxy) is 1. The van der Waals surface area contributed by atoms with Gasteiger partial charge in [-0.05, 0) is 18.8 Å². The molecule has 0 aliphatic rings. The molecule has 0 aliphatic heterocycles. The van der Waals surface area contributed by atoms with Gasteiger partial charge < -0.3 is 4.74 Å². The Morgan fingerprint density at radius 1 is 1.40 bits per heavy atom. The number of hydrogen-bond acceptors (Lipinski definition) is 4. The fourth-order valence-electron chi connectivity index (χ4n) is 1.12. The smallest absolute Gasteiger partial charge is 0.232 e. The van der Waals surface area contributed by atoms with E-state index in [2.05, 4.69) is 23.8 Å². The van der Waals surface area contributed by atoms with Gasteiger partial charge in [-0.2, -0.15) is 5.26 Å². The van der Waals surface area contributed by atoms with E-state index in [0.29, 0.717) is 24.1 Å². The Morgan fingerprint density at radius 2 is 2.20 bits per heavy atom. The largest absolute Gasteiger partial charge is 0.477 e. The van der Waals surface area contributed by atoms with Crippen molar-refractivity contribution in [3.63, 3.8) is 0 Å². The number of nitrogens with zero attached hydrogens (tertiary/aromatic N) is 3. The van der Waals surface area contributed by atoms with Crippen LogP contribution in [0.1, 0.15) is 32.4 Å². The maximum atomic E-state index is 8.51. The van der Waals surface area contributed by atoms with Gasteiger partial charge in [-0.15, -0.1) is 0 Å². The minimum absolute atomic E-state index is 0.310. The number of nitriles is 1. The summed E-state index contributed by atoms with van der Waals surface area (Å²) in [6.07, 6.45) is 5.05. The fraction of sp³-hybridized carbons (Fsp3) is 0.545. The van der Waals surface area contributed by atoms with Crippen LogP contribution in [0.25, 0.3) is 0 Å². The van der Waals surface area contributed by atoms with Crippen molar-refractivity contribution >= 4 is 0 Å². The Balaban J connectivity index is 2.29. The molecule has 4 nitrogen and oxygen atoms in total. The lowest BCUT2D eigenvalue weighted by Gasteiger charge is -2.05. The van der Waals surface area contributed by atoms with Gasteiger partial charge in [0.15, 0.2) is 5.69 Å². The second kappa shape index (κ2) is 5.97. The van der Waals surface area contributed by atoms with E-state index in [4.69, 9.17) is 10.00 Å². The van der Waals surface area contributed by atoms with Gasteiger partial charge in [0, 0.05) is 0 Å². The molecule has 0 saturated carbocycles. The number of hydrogen-bond donors (Lipinski definition) is 0. The third-order valence-electron chi connectivity index (χ3n) is 1.92. The van der Waals surface area contributed by atoms with Crippen LogP contribution in [0.3, 0.4) is 0 Å². The minimum atomic E-state index is 0.310. The molecule has 1 aromatic heterocycles. The quantitative estimate of drug-likeness (QED) is 0.691. The van der Waals surface area contributed by atoms with E-state index in [1.807, 2.05) is 6.07 Å². The third kappa shape index (κ3) is 4.41. The zero-order valence-electron chi connectivity index (χ0n) is 9.10. The molecule has 0 N–H and O–H groups in total. The van der Waals surface area contributed by atoms with Crippen molar-refractivity contribution in [2.24, 2.45) is 5.92 Å². The predicted octanol–water partition coefficient (Wildman–Crippen LogP) is 2.16. The van der Waals surface area contributed by atoms with Crippen molar-refractivity contribution in [2.75, 3.05) is 6.61 Å². The average molecular weight is 205 g/mol. The van der Waals surface area contributed by atoms with Crippen molar-refractivity contribution in [1.29, 1.82) is 5.26 Å². The zero-order chi connectivity index (χ0) is 11.1. The first-order valence-corrected chi connectivity index (χ1v) is 5.07. The molecule has 0 amide bonds. The summed E-state index contributed by atoms with van der Waals surface area (Å²) in [5.41, 5.74) is 0.310. The lowest BCUT2D eigenvalue weighted by atomic mass is 10.1. The topological polar surface area (TPSA) is 58.8 Å². The average Bonchev–Trinajstić information content (AvgIpc) is 2.25. The highest BCUT2D eigenvalue weighted by Gasteiger charge is 1.98. The van der Waals surface area contributed by atoms with Crippen molar-refractivity contribution in [3.8, 4) is 11.9 Å². The normalized spacial score (nSPS) is 10.0. The second-order valence-electron chi connectivity index (χ2n) is 3.74. The molecule has 0 saturated heterocycles. The van der Waals surface area contributed by atoms with E-state index in [-0.39, 0.29) is 0 Å². The predicted molar refractivity (Wildman–Crippen MR) is 56.3 cm³/mol. The molecule has 0 spiro atoms. The summed E-state index contributed by atoms with van der Waals surface area (Å²) in [5, 5.41) is 8.51. The van der Waals surface area contributed by atoms with Crippen LogP contribution >= 0.6 is 0 Å². The molecule has 0 radical (unpaired) electrons. The van der Waals surface area contributed by atoms with E-state index < -0.39 is 0 Å². The van der Waals surface area contributed by atoms with Gasteiger partial charge in [-0.3, -0.25) is 0 Å². The molecule has 1 aromatic rings. The van der Waals surface area contributed by atoms with Crippen molar-refractivity contribution in [3.05, 3.63) is 18.1 Å². The SMILES string of the molecule is CC(C)CCCOc1cnc(C#N)cn1. The second-order valence-corrected chi connectivity index (χ2v) is 3.74. The van der Waals surface area contributed by atoms with Gasteiger partial charge in [-0.25, -0.2) is 9.97 Å². The molecule has 1 rings (SSSR count). The van der Waals surface area contributed by atoms with E-state index in [9.17, 15) is 0 Å².